The van der Waals surface area contributed by atoms with E-state index in [0.717, 1.165) is 18.7 Å². The number of benzene rings is 1. The van der Waals surface area contributed by atoms with Gasteiger partial charge < -0.3 is 5.73 Å². The Morgan fingerprint density at radius 3 is 2.83 bits per heavy atom. The van der Waals surface area contributed by atoms with Crippen LogP contribution < -0.4 is 5.73 Å². The highest BCUT2D eigenvalue weighted by Crippen LogP contribution is 2.29. The molecule has 2 N–H and O–H groups in total. The molecule has 1 aliphatic carbocycles. The van der Waals surface area contributed by atoms with Gasteiger partial charge in [0.2, 0.25) is 0 Å². The molecular weight excluding hydrogens is 227 g/mol. The van der Waals surface area contributed by atoms with Crippen molar-refractivity contribution in [3.05, 3.63) is 35.1 Å². The fourth-order valence-electron chi connectivity index (χ4n) is 3.01. The van der Waals surface area contributed by atoms with Crippen molar-refractivity contribution in [2.45, 2.75) is 38.8 Å². The summed E-state index contributed by atoms with van der Waals surface area (Å²) in [4.78, 5) is 2.33. The SMILES string of the molecule is Cc1ccc(CN(C)C2CCCC2CN)cc1F. The van der Waals surface area contributed by atoms with Gasteiger partial charge in [0.25, 0.3) is 0 Å². The minimum Gasteiger partial charge on any atom is -0.330 e. The van der Waals surface area contributed by atoms with E-state index in [1.54, 1.807) is 13.0 Å². The number of nitrogens with zero attached hydrogens (tertiary/aromatic N) is 1. The maximum atomic E-state index is 13.5. The van der Waals surface area contributed by atoms with Crippen molar-refractivity contribution in [2.75, 3.05) is 13.6 Å². The van der Waals surface area contributed by atoms with Crippen LogP contribution in [-0.2, 0) is 6.54 Å². The van der Waals surface area contributed by atoms with Crippen LogP contribution in [-0.4, -0.2) is 24.5 Å². The molecule has 0 spiro atoms. The van der Waals surface area contributed by atoms with Crippen LogP contribution in [0.3, 0.4) is 0 Å². The molecule has 2 atom stereocenters. The van der Waals surface area contributed by atoms with E-state index in [9.17, 15) is 4.39 Å². The van der Waals surface area contributed by atoms with E-state index in [0.29, 0.717) is 17.5 Å². The lowest BCUT2D eigenvalue weighted by Gasteiger charge is -2.29. The maximum absolute atomic E-state index is 13.5. The zero-order valence-electron chi connectivity index (χ0n) is 11.3. The van der Waals surface area contributed by atoms with Gasteiger partial charge in [-0.2, -0.15) is 0 Å². The lowest BCUT2D eigenvalue weighted by molar-refractivity contribution is 0.192. The van der Waals surface area contributed by atoms with Gasteiger partial charge in [-0.05, 0) is 56.5 Å². The standard InChI is InChI=1S/C15H23FN2/c1-11-6-7-12(8-14(11)16)10-18(2)15-5-3-4-13(15)9-17/h6-8,13,15H,3-5,9-10,17H2,1-2H3. The summed E-state index contributed by atoms with van der Waals surface area (Å²) in [6.45, 7) is 3.36. The van der Waals surface area contributed by atoms with Crippen LogP contribution >= 0.6 is 0 Å². The van der Waals surface area contributed by atoms with Crippen molar-refractivity contribution in [3.63, 3.8) is 0 Å². The van der Waals surface area contributed by atoms with Crippen LogP contribution in [0.1, 0.15) is 30.4 Å². The summed E-state index contributed by atoms with van der Waals surface area (Å²) in [7, 11) is 2.12. The first-order valence-corrected chi connectivity index (χ1v) is 6.77. The van der Waals surface area contributed by atoms with Gasteiger partial charge >= 0.3 is 0 Å². The second kappa shape index (κ2) is 5.81. The molecule has 2 nitrogen and oxygen atoms in total. The van der Waals surface area contributed by atoms with Gasteiger partial charge in [0.15, 0.2) is 0 Å². The number of rotatable bonds is 4. The molecule has 18 heavy (non-hydrogen) atoms. The molecule has 0 saturated heterocycles. The van der Waals surface area contributed by atoms with Crippen LogP contribution in [0.25, 0.3) is 0 Å². The second-order valence-electron chi connectivity index (χ2n) is 5.49. The number of hydrogen-bond acceptors (Lipinski definition) is 2. The number of hydrogen-bond donors (Lipinski definition) is 1. The summed E-state index contributed by atoms with van der Waals surface area (Å²) < 4.78 is 13.5. The van der Waals surface area contributed by atoms with Crippen molar-refractivity contribution < 1.29 is 4.39 Å². The quantitative estimate of drug-likeness (QED) is 0.890. The number of nitrogens with two attached hydrogens (primary N) is 1. The topological polar surface area (TPSA) is 29.3 Å². The van der Waals surface area contributed by atoms with Gasteiger partial charge in [0.05, 0.1) is 0 Å². The van der Waals surface area contributed by atoms with E-state index in [4.69, 9.17) is 5.73 Å². The Hall–Kier alpha value is -0.930. The molecule has 0 amide bonds. The Morgan fingerprint density at radius 1 is 1.39 bits per heavy atom. The first-order valence-electron chi connectivity index (χ1n) is 6.77. The summed E-state index contributed by atoms with van der Waals surface area (Å²) >= 11 is 0. The van der Waals surface area contributed by atoms with Gasteiger partial charge in [0, 0.05) is 12.6 Å². The third-order valence-corrected chi connectivity index (χ3v) is 4.16. The Labute approximate surface area is 109 Å². The third-order valence-electron chi connectivity index (χ3n) is 4.16. The second-order valence-corrected chi connectivity index (χ2v) is 5.49. The molecule has 1 aromatic carbocycles. The third kappa shape index (κ3) is 2.90. The van der Waals surface area contributed by atoms with E-state index in [1.165, 1.54) is 19.3 Å². The van der Waals surface area contributed by atoms with Crippen LogP contribution in [0.15, 0.2) is 18.2 Å². The minimum absolute atomic E-state index is 0.109. The number of aryl methyl sites for hydroxylation is 1. The van der Waals surface area contributed by atoms with E-state index in [-0.39, 0.29) is 5.82 Å². The molecule has 1 aromatic rings. The van der Waals surface area contributed by atoms with E-state index in [2.05, 4.69) is 11.9 Å². The molecule has 0 aliphatic heterocycles. The summed E-state index contributed by atoms with van der Waals surface area (Å²) in [5, 5.41) is 0. The van der Waals surface area contributed by atoms with Gasteiger partial charge in [-0.25, -0.2) is 4.39 Å². The van der Waals surface area contributed by atoms with Crippen molar-refractivity contribution in [2.24, 2.45) is 11.7 Å². The zero-order chi connectivity index (χ0) is 13.1. The van der Waals surface area contributed by atoms with Gasteiger partial charge in [-0.1, -0.05) is 18.6 Å². The van der Waals surface area contributed by atoms with E-state index in [1.807, 2.05) is 12.1 Å². The maximum Gasteiger partial charge on any atom is 0.126 e. The van der Waals surface area contributed by atoms with Crippen LogP contribution in [0.5, 0.6) is 0 Å². The highest BCUT2D eigenvalue weighted by atomic mass is 19.1. The molecule has 2 unspecified atom stereocenters. The molecule has 0 heterocycles. The lowest BCUT2D eigenvalue weighted by Crippen LogP contribution is -2.37. The summed E-state index contributed by atoms with van der Waals surface area (Å²) in [6.07, 6.45) is 3.71. The monoisotopic (exact) mass is 250 g/mol. The normalized spacial score (nSPS) is 23.8. The summed E-state index contributed by atoms with van der Waals surface area (Å²) in [5.74, 6) is 0.494. The molecule has 0 aromatic heterocycles. The zero-order valence-corrected chi connectivity index (χ0v) is 11.3. The molecule has 1 saturated carbocycles. The van der Waals surface area contributed by atoms with Crippen LogP contribution in [0.2, 0.25) is 0 Å². The Morgan fingerprint density at radius 2 is 2.17 bits per heavy atom. The Balaban J connectivity index is 2.02. The highest BCUT2D eigenvalue weighted by Gasteiger charge is 2.29. The average molecular weight is 250 g/mol. The van der Waals surface area contributed by atoms with E-state index < -0.39 is 0 Å². The molecular formula is C15H23FN2. The smallest absolute Gasteiger partial charge is 0.126 e. The summed E-state index contributed by atoms with van der Waals surface area (Å²) in [5.41, 5.74) is 7.57. The van der Waals surface area contributed by atoms with Crippen molar-refractivity contribution in [1.29, 1.82) is 0 Å². The van der Waals surface area contributed by atoms with Crippen molar-refractivity contribution in [1.82, 2.24) is 4.90 Å². The molecule has 100 valence electrons. The van der Waals surface area contributed by atoms with Gasteiger partial charge in [-0.15, -0.1) is 0 Å². The molecule has 0 bridgehead atoms. The molecule has 1 aliphatic rings. The predicted molar refractivity (Wildman–Crippen MR) is 72.8 cm³/mol. The lowest BCUT2D eigenvalue weighted by atomic mass is 10.0. The van der Waals surface area contributed by atoms with Gasteiger partial charge in [0.1, 0.15) is 5.82 Å². The molecule has 1 fully saturated rings. The van der Waals surface area contributed by atoms with Crippen molar-refractivity contribution >= 4 is 0 Å². The van der Waals surface area contributed by atoms with Crippen LogP contribution in [0, 0.1) is 18.7 Å². The first kappa shape index (κ1) is 13.5. The first-order chi connectivity index (χ1) is 8.61. The number of halogens is 1. The minimum atomic E-state index is -0.109. The fourth-order valence-corrected chi connectivity index (χ4v) is 3.01. The van der Waals surface area contributed by atoms with Crippen LogP contribution in [0.4, 0.5) is 4.39 Å². The van der Waals surface area contributed by atoms with Gasteiger partial charge in [-0.3, -0.25) is 4.90 Å². The Bertz CT molecular complexity index is 405. The van der Waals surface area contributed by atoms with Crippen molar-refractivity contribution in [3.8, 4) is 0 Å². The molecule has 0 radical (unpaired) electrons. The fraction of sp³-hybridized carbons (Fsp3) is 0.600. The molecule has 3 heteroatoms. The Kier molecular flexibility index (Phi) is 4.36. The predicted octanol–water partition coefficient (Wildman–Crippen LogP) is 2.69. The average Bonchev–Trinajstić information content (AvgIpc) is 2.82. The summed E-state index contributed by atoms with van der Waals surface area (Å²) in [6, 6.07) is 6.08. The highest BCUT2D eigenvalue weighted by molar-refractivity contribution is 5.23. The largest absolute Gasteiger partial charge is 0.330 e. The van der Waals surface area contributed by atoms with E-state index >= 15 is 0 Å². The molecule has 2 rings (SSSR count).